The summed E-state index contributed by atoms with van der Waals surface area (Å²) in [5.74, 6) is 1.12. The van der Waals surface area contributed by atoms with Crippen molar-refractivity contribution in [2.24, 2.45) is 5.92 Å². The minimum absolute atomic E-state index is 0.132. The number of rotatable bonds is 5. The number of benzene rings is 2. The van der Waals surface area contributed by atoms with E-state index in [1.165, 1.54) is 12.7 Å². The Morgan fingerprint density at radius 2 is 1.74 bits per heavy atom. The van der Waals surface area contributed by atoms with E-state index in [4.69, 9.17) is 9.15 Å². The molecule has 1 amide bonds. The van der Waals surface area contributed by atoms with E-state index < -0.39 is 0 Å². The van der Waals surface area contributed by atoms with Crippen molar-refractivity contribution >= 4 is 11.9 Å². The van der Waals surface area contributed by atoms with Gasteiger partial charge in [-0.25, -0.2) is 4.79 Å². The standard InChI is InChI=1S/C28H30N2O4/c1-33-28(32)23-8-6-20(7-9-23)18-29-16-14-25-24(19-29)4-2-15-30(25)27(31)22-12-10-21(11-13-22)26-5-3-17-34-26/h3,5-13,17,24-25H,2,4,14-16,18-19H2,1H3/t24-,25+/m1/s1. The molecule has 2 fully saturated rings. The Morgan fingerprint density at radius 3 is 2.44 bits per heavy atom. The third-order valence-electron chi connectivity index (χ3n) is 7.13. The average Bonchev–Trinajstić information content (AvgIpc) is 3.43. The van der Waals surface area contributed by atoms with Crippen LogP contribution in [-0.2, 0) is 11.3 Å². The number of ether oxygens (including phenoxy) is 1. The molecule has 3 aromatic rings. The molecule has 0 bridgehead atoms. The van der Waals surface area contributed by atoms with Crippen LogP contribution in [0.25, 0.3) is 11.3 Å². The first-order chi connectivity index (χ1) is 16.6. The maximum absolute atomic E-state index is 13.4. The van der Waals surface area contributed by atoms with Crippen LogP contribution in [-0.4, -0.2) is 54.5 Å². The molecule has 0 spiro atoms. The third kappa shape index (κ3) is 4.64. The van der Waals surface area contributed by atoms with Crippen LogP contribution in [0.1, 0.15) is 45.5 Å². The number of nitrogens with zero attached hydrogens (tertiary/aromatic N) is 2. The van der Waals surface area contributed by atoms with E-state index in [1.54, 1.807) is 6.26 Å². The van der Waals surface area contributed by atoms with Crippen molar-refractivity contribution in [3.8, 4) is 11.3 Å². The van der Waals surface area contributed by atoms with Gasteiger partial charge in [-0.3, -0.25) is 9.69 Å². The van der Waals surface area contributed by atoms with E-state index in [0.717, 1.165) is 62.3 Å². The van der Waals surface area contributed by atoms with Gasteiger partial charge in [-0.1, -0.05) is 24.3 Å². The molecule has 0 N–H and O–H groups in total. The Kier molecular flexibility index (Phi) is 6.50. The minimum atomic E-state index is -0.310. The van der Waals surface area contributed by atoms with Gasteiger partial charge in [0.15, 0.2) is 0 Å². The molecule has 5 rings (SSSR count). The van der Waals surface area contributed by atoms with Gasteiger partial charge in [0.25, 0.3) is 5.91 Å². The van der Waals surface area contributed by atoms with Crippen LogP contribution in [0.5, 0.6) is 0 Å². The SMILES string of the molecule is COC(=O)c1ccc(CN2CC[C@H]3[C@H](CCCN3C(=O)c3ccc(-c4ccco4)cc3)C2)cc1. The van der Waals surface area contributed by atoms with E-state index in [0.29, 0.717) is 17.5 Å². The lowest BCUT2D eigenvalue weighted by Gasteiger charge is -2.47. The highest BCUT2D eigenvalue weighted by Crippen LogP contribution is 2.32. The van der Waals surface area contributed by atoms with Crippen LogP contribution in [0.3, 0.4) is 0 Å². The number of fused-ring (bicyclic) bond motifs is 1. The molecule has 2 aliphatic heterocycles. The molecule has 176 valence electrons. The molecule has 0 unspecified atom stereocenters. The Balaban J connectivity index is 1.22. The third-order valence-corrected chi connectivity index (χ3v) is 7.13. The van der Waals surface area contributed by atoms with Gasteiger partial charge in [0.1, 0.15) is 5.76 Å². The normalized spacial score (nSPS) is 20.6. The first-order valence-electron chi connectivity index (χ1n) is 12.0. The van der Waals surface area contributed by atoms with Crippen LogP contribution in [0, 0.1) is 5.92 Å². The predicted octanol–water partition coefficient (Wildman–Crippen LogP) is 4.86. The van der Waals surface area contributed by atoms with Crippen molar-refractivity contribution in [2.45, 2.75) is 31.8 Å². The zero-order valence-corrected chi connectivity index (χ0v) is 19.5. The van der Waals surface area contributed by atoms with Gasteiger partial charge in [-0.05, 0) is 67.1 Å². The van der Waals surface area contributed by atoms with Gasteiger partial charge in [0, 0.05) is 43.3 Å². The summed E-state index contributed by atoms with van der Waals surface area (Å²) in [5, 5.41) is 0. The molecule has 3 heterocycles. The molecule has 2 aromatic carbocycles. The topological polar surface area (TPSA) is 63.0 Å². The van der Waals surface area contributed by atoms with E-state index in [1.807, 2.05) is 60.7 Å². The highest BCUT2D eigenvalue weighted by molar-refractivity contribution is 5.95. The molecule has 1 aromatic heterocycles. The van der Waals surface area contributed by atoms with Crippen molar-refractivity contribution < 1.29 is 18.7 Å². The summed E-state index contributed by atoms with van der Waals surface area (Å²) in [4.78, 5) is 29.6. The van der Waals surface area contributed by atoms with E-state index in [9.17, 15) is 9.59 Å². The second kappa shape index (κ2) is 9.85. The fourth-order valence-electron chi connectivity index (χ4n) is 5.38. The second-order valence-electron chi connectivity index (χ2n) is 9.24. The summed E-state index contributed by atoms with van der Waals surface area (Å²) in [6.45, 7) is 3.63. The number of amides is 1. The quantitative estimate of drug-likeness (QED) is 0.511. The summed E-state index contributed by atoms with van der Waals surface area (Å²) >= 11 is 0. The fourth-order valence-corrected chi connectivity index (χ4v) is 5.38. The average molecular weight is 459 g/mol. The monoisotopic (exact) mass is 458 g/mol. The second-order valence-corrected chi connectivity index (χ2v) is 9.24. The number of carbonyl (C=O) groups is 2. The van der Waals surface area contributed by atoms with Crippen molar-refractivity contribution in [2.75, 3.05) is 26.7 Å². The molecule has 2 aliphatic rings. The molecule has 6 heteroatoms. The van der Waals surface area contributed by atoms with Crippen LogP contribution in [0.4, 0.5) is 0 Å². The molecule has 2 atom stereocenters. The first-order valence-corrected chi connectivity index (χ1v) is 12.0. The van der Waals surface area contributed by atoms with Gasteiger partial charge >= 0.3 is 5.97 Å². The summed E-state index contributed by atoms with van der Waals surface area (Å²) in [7, 11) is 1.40. The Hall–Kier alpha value is -3.38. The number of methoxy groups -OCH3 is 1. The summed E-state index contributed by atoms with van der Waals surface area (Å²) in [6, 6.07) is 19.5. The zero-order chi connectivity index (χ0) is 23.5. The molecule has 34 heavy (non-hydrogen) atoms. The van der Waals surface area contributed by atoms with Gasteiger partial charge in [0.05, 0.1) is 18.9 Å². The van der Waals surface area contributed by atoms with Crippen molar-refractivity contribution in [3.63, 3.8) is 0 Å². The Morgan fingerprint density at radius 1 is 0.971 bits per heavy atom. The van der Waals surface area contributed by atoms with E-state index >= 15 is 0 Å². The molecule has 6 nitrogen and oxygen atoms in total. The van der Waals surface area contributed by atoms with Gasteiger partial charge in [0.2, 0.25) is 0 Å². The maximum Gasteiger partial charge on any atom is 0.337 e. The van der Waals surface area contributed by atoms with Crippen LogP contribution >= 0.6 is 0 Å². The highest BCUT2D eigenvalue weighted by Gasteiger charge is 2.38. The summed E-state index contributed by atoms with van der Waals surface area (Å²) in [5.41, 5.74) is 3.48. The number of hydrogen-bond acceptors (Lipinski definition) is 5. The Labute approximate surface area is 200 Å². The molecular weight excluding hydrogens is 428 g/mol. The summed E-state index contributed by atoms with van der Waals surface area (Å²) < 4.78 is 10.2. The van der Waals surface area contributed by atoms with Crippen LogP contribution in [0.15, 0.2) is 71.3 Å². The van der Waals surface area contributed by atoms with E-state index in [2.05, 4.69) is 9.80 Å². The molecule has 0 saturated carbocycles. The van der Waals surface area contributed by atoms with Crippen LogP contribution < -0.4 is 0 Å². The maximum atomic E-state index is 13.4. The van der Waals surface area contributed by atoms with Gasteiger partial charge < -0.3 is 14.1 Å². The van der Waals surface area contributed by atoms with Gasteiger partial charge in [-0.15, -0.1) is 0 Å². The molecule has 2 saturated heterocycles. The van der Waals surface area contributed by atoms with E-state index in [-0.39, 0.29) is 11.9 Å². The minimum Gasteiger partial charge on any atom is -0.465 e. The molecule has 0 radical (unpaired) electrons. The lowest BCUT2D eigenvalue weighted by atomic mass is 9.83. The van der Waals surface area contributed by atoms with Crippen molar-refractivity contribution in [1.29, 1.82) is 0 Å². The lowest BCUT2D eigenvalue weighted by molar-refractivity contribution is 0.0184. The first kappa shape index (κ1) is 22.4. The smallest absolute Gasteiger partial charge is 0.337 e. The van der Waals surface area contributed by atoms with Crippen molar-refractivity contribution in [1.82, 2.24) is 9.80 Å². The number of piperidine rings is 2. The number of furan rings is 1. The molecular formula is C28H30N2O4. The lowest BCUT2D eigenvalue weighted by Crippen LogP contribution is -2.55. The number of likely N-dealkylation sites (tertiary alicyclic amines) is 2. The number of esters is 1. The van der Waals surface area contributed by atoms with Crippen LogP contribution in [0.2, 0.25) is 0 Å². The fraction of sp³-hybridized carbons (Fsp3) is 0.357. The molecule has 0 aliphatic carbocycles. The van der Waals surface area contributed by atoms with Gasteiger partial charge in [-0.2, -0.15) is 0 Å². The number of carbonyl (C=O) groups excluding carboxylic acids is 2. The van der Waals surface area contributed by atoms with Crippen molar-refractivity contribution in [3.05, 3.63) is 83.6 Å². The number of hydrogen-bond donors (Lipinski definition) is 0. The zero-order valence-electron chi connectivity index (χ0n) is 19.5. The highest BCUT2D eigenvalue weighted by atomic mass is 16.5. The largest absolute Gasteiger partial charge is 0.465 e. The Bertz CT molecular complexity index is 1120. The summed E-state index contributed by atoms with van der Waals surface area (Å²) in [6.07, 6.45) is 4.84. The predicted molar refractivity (Wildman–Crippen MR) is 129 cm³/mol.